The molecule has 4 heterocycles. The normalized spacial score (nSPS) is 11.2. The first-order chi connectivity index (χ1) is 17.2. The lowest BCUT2D eigenvalue weighted by Gasteiger charge is -2.12. The molecule has 35 heavy (non-hydrogen) atoms. The molecule has 0 aliphatic carbocycles. The molecule has 0 aliphatic rings. The third kappa shape index (κ3) is 3.64. The van der Waals surface area contributed by atoms with E-state index in [9.17, 15) is 10.3 Å². The lowest BCUT2D eigenvalue weighted by atomic mass is 10.1. The maximum Gasteiger partial charge on any atom is 0.243 e. The van der Waals surface area contributed by atoms with Gasteiger partial charge < -0.3 is 14.9 Å². The molecule has 0 radical (unpaired) electrons. The highest BCUT2D eigenvalue weighted by Gasteiger charge is 2.19. The van der Waals surface area contributed by atoms with E-state index in [0.29, 0.717) is 28.6 Å². The molecular weight excluding hydrogens is 438 g/mol. The topological polar surface area (TPSA) is 82.8 Å². The third-order valence-corrected chi connectivity index (χ3v) is 6.07. The zero-order chi connectivity index (χ0) is 23.8. The van der Waals surface area contributed by atoms with Crippen LogP contribution in [-0.2, 0) is 6.61 Å². The molecule has 0 fully saturated rings. The number of imidazole rings is 1. The number of aliphatic hydroxyl groups excluding tert-OH is 1. The van der Waals surface area contributed by atoms with Crippen molar-refractivity contribution in [1.82, 2.24) is 19.1 Å². The zero-order valence-electron chi connectivity index (χ0n) is 18.7. The Bertz CT molecular complexity index is 1650. The molecule has 6 aromatic rings. The van der Waals surface area contributed by atoms with Crippen molar-refractivity contribution in [3.63, 3.8) is 0 Å². The molecule has 0 unspecified atom stereocenters. The average molecular weight is 460 g/mol. The van der Waals surface area contributed by atoms with Gasteiger partial charge >= 0.3 is 0 Å². The number of aromatic nitrogens is 5. The number of aliphatic hydroxyl groups is 1. The first kappa shape index (κ1) is 20.8. The summed E-state index contributed by atoms with van der Waals surface area (Å²) in [6.07, 6.45) is 6.96. The Morgan fingerprint density at radius 1 is 0.857 bits per heavy atom. The molecule has 0 amide bonds. The molecule has 2 aromatic carbocycles. The van der Waals surface area contributed by atoms with E-state index in [4.69, 9.17) is 4.98 Å². The van der Waals surface area contributed by atoms with Crippen LogP contribution in [0.25, 0.3) is 45.1 Å². The van der Waals surface area contributed by atoms with Gasteiger partial charge in [-0.15, -0.1) is 0 Å². The van der Waals surface area contributed by atoms with Crippen molar-refractivity contribution < 1.29 is 9.84 Å². The number of hydrogen-bond acceptors (Lipinski definition) is 4. The van der Waals surface area contributed by atoms with E-state index in [0.717, 1.165) is 21.5 Å². The fraction of sp³-hybridized carbons (Fsp3) is 0.0357. The summed E-state index contributed by atoms with van der Waals surface area (Å²) in [5, 5.41) is 23.5. The number of rotatable bonds is 5. The maximum absolute atomic E-state index is 12.4. The average Bonchev–Trinajstić information content (AvgIpc) is 3.54. The summed E-state index contributed by atoms with van der Waals surface area (Å²) in [6.45, 7) is -0.213. The van der Waals surface area contributed by atoms with Crippen LogP contribution in [0.4, 0.5) is 0 Å². The van der Waals surface area contributed by atoms with Gasteiger partial charge in [0.1, 0.15) is 5.82 Å². The van der Waals surface area contributed by atoms with Gasteiger partial charge in [0.25, 0.3) is 0 Å². The van der Waals surface area contributed by atoms with Crippen molar-refractivity contribution in [3.05, 3.63) is 121 Å². The van der Waals surface area contributed by atoms with Crippen LogP contribution in [0.5, 0.6) is 0 Å². The Labute approximate surface area is 201 Å². The molecule has 7 heteroatoms. The van der Waals surface area contributed by atoms with Gasteiger partial charge in [0.2, 0.25) is 5.69 Å². The molecule has 7 nitrogen and oxygen atoms in total. The van der Waals surface area contributed by atoms with Crippen molar-refractivity contribution in [2.75, 3.05) is 0 Å². The van der Waals surface area contributed by atoms with Crippen molar-refractivity contribution in [2.24, 2.45) is 0 Å². The predicted octanol–water partition coefficient (Wildman–Crippen LogP) is 4.67. The lowest BCUT2D eigenvalue weighted by molar-refractivity contribution is -0.593. The molecule has 1 N–H and O–H groups in total. The van der Waals surface area contributed by atoms with Crippen LogP contribution in [0, 0.1) is 5.21 Å². The summed E-state index contributed by atoms with van der Waals surface area (Å²) >= 11 is 0. The Hall–Kier alpha value is -4.75. The quantitative estimate of drug-likeness (QED) is 0.300. The highest BCUT2D eigenvalue weighted by Crippen LogP contribution is 2.29. The predicted molar refractivity (Wildman–Crippen MR) is 134 cm³/mol. The highest BCUT2D eigenvalue weighted by atomic mass is 16.5. The van der Waals surface area contributed by atoms with E-state index >= 15 is 0 Å². The van der Waals surface area contributed by atoms with Gasteiger partial charge in [0.05, 0.1) is 23.5 Å². The van der Waals surface area contributed by atoms with Gasteiger partial charge in [-0.3, -0.25) is 9.55 Å². The Morgan fingerprint density at radius 3 is 2.51 bits per heavy atom. The summed E-state index contributed by atoms with van der Waals surface area (Å²) in [5.41, 5.74) is 5.25. The number of benzene rings is 2. The fourth-order valence-corrected chi connectivity index (χ4v) is 4.37. The molecule has 0 bridgehead atoms. The van der Waals surface area contributed by atoms with Crippen molar-refractivity contribution in [1.29, 1.82) is 0 Å². The van der Waals surface area contributed by atoms with Crippen molar-refractivity contribution >= 4 is 10.9 Å². The van der Waals surface area contributed by atoms with Crippen LogP contribution in [0.1, 0.15) is 5.69 Å². The third-order valence-electron chi connectivity index (χ3n) is 6.07. The van der Waals surface area contributed by atoms with E-state index in [1.54, 1.807) is 18.3 Å². The maximum atomic E-state index is 12.4. The number of nitrogens with zero attached hydrogens (tertiary/aromatic N) is 5. The monoisotopic (exact) mass is 459 g/mol. The van der Waals surface area contributed by atoms with Gasteiger partial charge in [-0.05, 0) is 60.0 Å². The van der Waals surface area contributed by atoms with Crippen LogP contribution < -0.4 is 4.73 Å². The van der Waals surface area contributed by atoms with Gasteiger partial charge in [0.15, 0.2) is 11.9 Å². The van der Waals surface area contributed by atoms with E-state index in [2.05, 4.69) is 33.9 Å². The first-order valence-electron chi connectivity index (χ1n) is 11.2. The summed E-state index contributed by atoms with van der Waals surface area (Å²) < 4.78 is 4.82. The summed E-state index contributed by atoms with van der Waals surface area (Å²) in [6, 6.07) is 27.4. The summed E-state index contributed by atoms with van der Waals surface area (Å²) in [7, 11) is 0. The number of hydrogen-bond donors (Lipinski definition) is 1. The SMILES string of the molecule is [O-][n+]1ccccc1-c1cn(-c2cccnc2CO)c(-c2ccc(-n3ccc4ccccc43)cc2)n1. The number of pyridine rings is 2. The molecule has 0 aliphatic heterocycles. The number of fused-ring (bicyclic) bond motifs is 1. The molecule has 4 aromatic heterocycles. The van der Waals surface area contributed by atoms with Crippen molar-refractivity contribution in [2.45, 2.75) is 6.61 Å². The van der Waals surface area contributed by atoms with E-state index in [1.807, 2.05) is 65.4 Å². The fourth-order valence-electron chi connectivity index (χ4n) is 4.37. The number of para-hydroxylation sites is 1. The second-order valence-corrected chi connectivity index (χ2v) is 8.15. The summed E-state index contributed by atoms with van der Waals surface area (Å²) in [4.78, 5) is 9.15. The van der Waals surface area contributed by atoms with E-state index in [-0.39, 0.29) is 6.61 Å². The van der Waals surface area contributed by atoms with E-state index in [1.165, 1.54) is 11.6 Å². The minimum absolute atomic E-state index is 0.213. The molecule has 0 atom stereocenters. The Morgan fingerprint density at radius 2 is 1.69 bits per heavy atom. The molecular formula is C28H21N5O2. The lowest BCUT2D eigenvalue weighted by Crippen LogP contribution is -2.27. The second-order valence-electron chi connectivity index (χ2n) is 8.15. The zero-order valence-corrected chi connectivity index (χ0v) is 18.7. The highest BCUT2D eigenvalue weighted by molar-refractivity contribution is 5.82. The molecule has 6 rings (SSSR count). The molecule has 0 spiro atoms. The minimum Gasteiger partial charge on any atom is -0.618 e. The largest absolute Gasteiger partial charge is 0.618 e. The van der Waals surface area contributed by atoms with Gasteiger partial charge in [-0.25, -0.2) is 4.98 Å². The molecule has 170 valence electrons. The molecule has 0 saturated heterocycles. The second kappa shape index (κ2) is 8.55. The minimum atomic E-state index is -0.213. The summed E-state index contributed by atoms with van der Waals surface area (Å²) in [5.74, 6) is 0.649. The van der Waals surface area contributed by atoms with Crippen LogP contribution in [0.2, 0.25) is 0 Å². The Kier molecular flexibility index (Phi) is 5.09. The van der Waals surface area contributed by atoms with Crippen LogP contribution in [0.3, 0.4) is 0 Å². The smallest absolute Gasteiger partial charge is 0.243 e. The van der Waals surface area contributed by atoms with E-state index < -0.39 is 0 Å². The van der Waals surface area contributed by atoms with Crippen LogP contribution in [-0.4, -0.2) is 24.2 Å². The van der Waals surface area contributed by atoms with Crippen molar-refractivity contribution in [3.8, 4) is 34.2 Å². The first-order valence-corrected chi connectivity index (χ1v) is 11.2. The molecule has 0 saturated carbocycles. The van der Waals surface area contributed by atoms with Crippen LogP contribution in [0.15, 0.2) is 110 Å². The van der Waals surface area contributed by atoms with Gasteiger partial charge in [-0.1, -0.05) is 18.2 Å². The van der Waals surface area contributed by atoms with Gasteiger partial charge in [-0.2, -0.15) is 4.73 Å². The van der Waals surface area contributed by atoms with Gasteiger partial charge in [0, 0.05) is 42.0 Å². The standard InChI is InChI=1S/C28H21N5O2/c34-19-24-26(9-5-15-29-24)32-18-23(27-8-3-4-16-33(27)35)30-28(32)21-10-12-22(13-11-21)31-17-14-20-6-1-2-7-25(20)31/h1-18,34H,19H2. The van der Waals surface area contributed by atoms with Crippen LogP contribution >= 0.6 is 0 Å². The Balaban J connectivity index is 1.49.